The number of nitro groups is 1. The number of hydrogen-bond donors (Lipinski definition) is 1. The van der Waals surface area contributed by atoms with E-state index in [9.17, 15) is 14.9 Å². The highest BCUT2D eigenvalue weighted by Crippen LogP contribution is 2.36. The van der Waals surface area contributed by atoms with Gasteiger partial charge in [-0.05, 0) is 37.5 Å². The molecule has 3 unspecified atom stereocenters. The van der Waals surface area contributed by atoms with Gasteiger partial charge >= 0.3 is 5.97 Å². The van der Waals surface area contributed by atoms with Crippen molar-refractivity contribution in [1.29, 1.82) is 0 Å². The third-order valence-electron chi connectivity index (χ3n) is 5.54. The Labute approximate surface area is 177 Å². The lowest BCUT2D eigenvalue weighted by Crippen LogP contribution is -2.38. The average molecular weight is 465 g/mol. The first-order valence-corrected chi connectivity index (χ1v) is 10.6. The van der Waals surface area contributed by atoms with Gasteiger partial charge in [-0.25, -0.2) is 4.98 Å². The van der Waals surface area contributed by atoms with E-state index in [1.165, 1.54) is 6.07 Å². The van der Waals surface area contributed by atoms with Crippen LogP contribution in [0, 0.1) is 34.8 Å². The summed E-state index contributed by atoms with van der Waals surface area (Å²) in [5.41, 5.74) is 1.06. The molecule has 0 aliphatic heterocycles. The molecule has 1 aromatic heterocycles. The van der Waals surface area contributed by atoms with Gasteiger partial charge < -0.3 is 4.74 Å². The Morgan fingerprint density at radius 2 is 1.97 bits per heavy atom. The minimum atomic E-state index is -0.789. The summed E-state index contributed by atoms with van der Waals surface area (Å²) in [6, 6.07) is 4.79. The molecule has 1 aliphatic carbocycles. The molecule has 156 valence electrons. The highest BCUT2D eigenvalue weighted by molar-refractivity contribution is 9.09. The number of aryl methyl sites for hydroxylation is 1. The fourth-order valence-corrected chi connectivity index (χ4v) is 4.51. The van der Waals surface area contributed by atoms with Crippen molar-refractivity contribution >= 4 is 27.6 Å². The van der Waals surface area contributed by atoms with Gasteiger partial charge in [-0.2, -0.15) is 5.10 Å². The maximum atomic E-state index is 12.7. The van der Waals surface area contributed by atoms with E-state index < -0.39 is 15.7 Å². The van der Waals surface area contributed by atoms with Gasteiger partial charge in [0.2, 0.25) is 0 Å². The van der Waals surface area contributed by atoms with Crippen LogP contribution in [-0.2, 0) is 9.53 Å². The zero-order valence-electron chi connectivity index (χ0n) is 16.9. The number of halogens is 1. The first-order chi connectivity index (χ1) is 13.7. The van der Waals surface area contributed by atoms with Gasteiger partial charge in [0.15, 0.2) is 10.7 Å². The Balaban J connectivity index is 1.74. The number of aromatic nitrogens is 3. The highest BCUT2D eigenvalue weighted by atomic mass is 79.9. The number of ether oxygens (including phenoxy) is 1. The van der Waals surface area contributed by atoms with Crippen molar-refractivity contribution in [2.45, 2.75) is 51.5 Å². The van der Waals surface area contributed by atoms with E-state index >= 15 is 0 Å². The fourth-order valence-electron chi connectivity index (χ4n) is 4.19. The van der Waals surface area contributed by atoms with Gasteiger partial charge in [0.25, 0.3) is 5.69 Å². The molecule has 0 saturated heterocycles. The van der Waals surface area contributed by atoms with E-state index in [0.29, 0.717) is 34.7 Å². The number of rotatable bonds is 5. The second-order valence-electron chi connectivity index (χ2n) is 8.10. The van der Waals surface area contributed by atoms with E-state index in [2.05, 4.69) is 51.9 Å². The molecule has 0 radical (unpaired) electrons. The molecule has 1 saturated carbocycles. The van der Waals surface area contributed by atoms with Gasteiger partial charge in [-0.3, -0.25) is 20.0 Å². The number of benzene rings is 1. The summed E-state index contributed by atoms with van der Waals surface area (Å²) in [4.78, 5) is 26.9. The van der Waals surface area contributed by atoms with Crippen LogP contribution in [0.4, 0.5) is 5.69 Å². The van der Waals surface area contributed by atoms with Crippen LogP contribution in [0.2, 0.25) is 0 Å². The summed E-state index contributed by atoms with van der Waals surface area (Å²) in [5.74, 6) is 1.41. The van der Waals surface area contributed by atoms with Crippen molar-refractivity contribution in [2.24, 2.45) is 17.8 Å². The average Bonchev–Trinajstić information content (AvgIpc) is 3.14. The maximum absolute atomic E-state index is 12.7. The van der Waals surface area contributed by atoms with Crippen molar-refractivity contribution in [3.8, 4) is 11.4 Å². The Kier molecular flexibility index (Phi) is 6.36. The van der Waals surface area contributed by atoms with Crippen LogP contribution in [0.3, 0.4) is 0 Å². The van der Waals surface area contributed by atoms with E-state index in [0.717, 1.165) is 12.8 Å². The predicted octanol–water partition coefficient (Wildman–Crippen LogP) is 4.74. The van der Waals surface area contributed by atoms with Crippen molar-refractivity contribution in [3.05, 3.63) is 39.7 Å². The van der Waals surface area contributed by atoms with Gasteiger partial charge in [0.1, 0.15) is 11.9 Å². The first kappa shape index (κ1) is 21.4. The first-order valence-electron chi connectivity index (χ1n) is 9.69. The van der Waals surface area contributed by atoms with Crippen LogP contribution >= 0.6 is 15.9 Å². The second kappa shape index (κ2) is 8.61. The van der Waals surface area contributed by atoms with Crippen molar-refractivity contribution in [1.82, 2.24) is 15.2 Å². The highest BCUT2D eigenvalue weighted by Gasteiger charge is 2.36. The number of carbonyl (C=O) groups excluding carboxylic acids is 1. The van der Waals surface area contributed by atoms with E-state index in [1.807, 2.05) is 0 Å². The summed E-state index contributed by atoms with van der Waals surface area (Å²) in [5, 5.41) is 18.0. The number of H-pyrrole nitrogens is 1. The lowest BCUT2D eigenvalue weighted by atomic mass is 9.75. The quantitative estimate of drug-likeness (QED) is 0.296. The molecule has 29 heavy (non-hydrogen) atoms. The Bertz CT molecular complexity index is 904. The topological polar surface area (TPSA) is 111 Å². The van der Waals surface area contributed by atoms with Crippen LogP contribution in [-0.4, -0.2) is 32.2 Å². The van der Waals surface area contributed by atoms with Crippen molar-refractivity contribution in [3.63, 3.8) is 0 Å². The number of alkyl halides is 1. The smallest absolute Gasteiger partial charge is 0.327 e. The molecule has 8 nitrogen and oxygen atoms in total. The van der Waals surface area contributed by atoms with Gasteiger partial charge in [0, 0.05) is 17.2 Å². The third-order valence-corrected chi connectivity index (χ3v) is 6.34. The number of carbonyl (C=O) groups is 1. The van der Waals surface area contributed by atoms with Crippen molar-refractivity contribution in [2.75, 3.05) is 0 Å². The van der Waals surface area contributed by atoms with E-state index in [4.69, 9.17) is 4.74 Å². The van der Waals surface area contributed by atoms with Crippen LogP contribution in [0.15, 0.2) is 18.2 Å². The molecular formula is C20H25BrN4O4. The summed E-state index contributed by atoms with van der Waals surface area (Å²) in [6.07, 6.45) is 1.95. The Morgan fingerprint density at radius 1 is 1.31 bits per heavy atom. The van der Waals surface area contributed by atoms with Gasteiger partial charge in [-0.15, -0.1) is 0 Å². The summed E-state index contributed by atoms with van der Waals surface area (Å²) in [7, 11) is 0. The lowest BCUT2D eigenvalue weighted by Gasteiger charge is -2.37. The summed E-state index contributed by atoms with van der Waals surface area (Å²) < 4.78 is 5.80. The molecule has 3 rings (SSSR count). The van der Waals surface area contributed by atoms with E-state index in [1.54, 1.807) is 19.1 Å². The number of nitro benzene ring substituents is 1. The second-order valence-corrected chi connectivity index (χ2v) is 9.01. The largest absolute Gasteiger partial charge is 0.461 e. The minimum absolute atomic E-state index is 0.00171. The molecule has 1 fully saturated rings. The number of nitrogens with one attached hydrogen (secondary N) is 1. The van der Waals surface area contributed by atoms with Crippen LogP contribution in [0.5, 0.6) is 0 Å². The monoisotopic (exact) mass is 464 g/mol. The predicted molar refractivity (Wildman–Crippen MR) is 111 cm³/mol. The lowest BCUT2D eigenvalue weighted by molar-refractivity contribution is -0.385. The number of esters is 1. The molecule has 0 amide bonds. The molecular weight excluding hydrogens is 440 g/mol. The number of aromatic amines is 1. The Hall–Kier alpha value is -2.29. The molecule has 2 aromatic rings. The molecule has 1 aliphatic rings. The van der Waals surface area contributed by atoms with Crippen LogP contribution in [0.1, 0.15) is 49.8 Å². The molecule has 3 atom stereocenters. The molecule has 9 heteroatoms. The molecule has 1 heterocycles. The van der Waals surface area contributed by atoms with Crippen molar-refractivity contribution < 1.29 is 14.5 Å². The third kappa shape index (κ3) is 4.66. The van der Waals surface area contributed by atoms with Crippen LogP contribution < -0.4 is 0 Å². The van der Waals surface area contributed by atoms with Crippen LogP contribution in [0.25, 0.3) is 11.4 Å². The number of nitrogens with zero attached hydrogens (tertiary/aromatic N) is 3. The summed E-state index contributed by atoms with van der Waals surface area (Å²) >= 11 is 3.35. The number of hydrogen-bond acceptors (Lipinski definition) is 6. The zero-order valence-corrected chi connectivity index (χ0v) is 18.5. The molecule has 0 spiro atoms. The van der Waals surface area contributed by atoms with E-state index in [-0.39, 0.29) is 17.6 Å². The normalized spacial score (nSPS) is 25.4. The fraction of sp³-hybridized carbons (Fsp3) is 0.550. The zero-order chi connectivity index (χ0) is 21.3. The maximum Gasteiger partial charge on any atom is 0.327 e. The molecule has 0 bridgehead atoms. The standard InChI is InChI=1S/C20H25BrN4O4/c1-10-7-12(3)17(13(4)8-10)29-20(26)16(21)19-22-18(23-24-19)14-6-5-11(2)15(9-14)25(27)28/h5-6,9-10,12-13,16-17H,7-8H2,1-4H3,(H,22,23,24). The van der Waals surface area contributed by atoms with Gasteiger partial charge in [-0.1, -0.05) is 48.8 Å². The minimum Gasteiger partial charge on any atom is -0.461 e. The summed E-state index contributed by atoms with van der Waals surface area (Å²) in [6.45, 7) is 8.13. The molecule has 1 aromatic carbocycles. The molecule has 1 N–H and O–H groups in total. The Morgan fingerprint density at radius 3 is 2.59 bits per heavy atom. The van der Waals surface area contributed by atoms with Gasteiger partial charge in [0.05, 0.1) is 4.92 Å². The SMILES string of the molecule is Cc1ccc(-c2n[nH]c(C(Br)C(=O)OC3C(C)CC(C)CC3C)n2)cc1[N+](=O)[O-].